The first-order valence-corrected chi connectivity index (χ1v) is 5.15. The second-order valence-electron chi connectivity index (χ2n) is 3.70. The van der Waals surface area contributed by atoms with Crippen LogP contribution in [0.1, 0.15) is 16.1 Å². The van der Waals surface area contributed by atoms with Gasteiger partial charge in [-0.3, -0.25) is 4.79 Å². The third kappa shape index (κ3) is 1.97. The molecule has 0 radical (unpaired) electrons. The first-order chi connectivity index (χ1) is 8.54. The van der Waals surface area contributed by atoms with Crippen LogP contribution in [-0.4, -0.2) is 16.1 Å². The van der Waals surface area contributed by atoms with Crippen molar-refractivity contribution in [1.29, 1.82) is 0 Å². The van der Waals surface area contributed by atoms with Crippen molar-refractivity contribution in [3.8, 4) is 11.6 Å². The molecular formula is C12H10F2N2O2. The van der Waals surface area contributed by atoms with Crippen molar-refractivity contribution in [2.24, 2.45) is 7.05 Å². The summed E-state index contributed by atoms with van der Waals surface area (Å²) in [4.78, 5) is 10.9. The summed E-state index contributed by atoms with van der Waals surface area (Å²) in [5, 5.41) is 3.97. The highest BCUT2D eigenvalue weighted by molar-refractivity contribution is 5.80. The molecule has 4 nitrogen and oxygen atoms in total. The highest BCUT2D eigenvalue weighted by atomic mass is 19.2. The number of ether oxygens (including phenoxy) is 1. The van der Waals surface area contributed by atoms with Crippen LogP contribution in [-0.2, 0) is 7.05 Å². The Labute approximate surface area is 102 Å². The van der Waals surface area contributed by atoms with Gasteiger partial charge in [0.25, 0.3) is 0 Å². The number of rotatable bonds is 3. The van der Waals surface area contributed by atoms with Crippen molar-refractivity contribution in [3.05, 3.63) is 41.1 Å². The van der Waals surface area contributed by atoms with E-state index in [4.69, 9.17) is 4.74 Å². The van der Waals surface area contributed by atoms with Crippen molar-refractivity contribution >= 4 is 6.29 Å². The lowest BCUT2D eigenvalue weighted by Gasteiger charge is -2.07. The van der Waals surface area contributed by atoms with E-state index < -0.39 is 11.6 Å². The summed E-state index contributed by atoms with van der Waals surface area (Å²) in [6.45, 7) is 1.62. The molecule has 1 aromatic carbocycles. The maximum atomic E-state index is 13.4. The predicted molar refractivity (Wildman–Crippen MR) is 59.8 cm³/mol. The highest BCUT2D eigenvalue weighted by Crippen LogP contribution is 2.28. The van der Waals surface area contributed by atoms with Gasteiger partial charge in [-0.2, -0.15) is 9.49 Å². The molecule has 2 aromatic rings. The molecule has 0 spiro atoms. The van der Waals surface area contributed by atoms with Crippen LogP contribution in [0.25, 0.3) is 0 Å². The summed E-state index contributed by atoms with van der Waals surface area (Å²) in [5.41, 5.74) is 0.667. The Balaban J connectivity index is 2.46. The number of aryl methyl sites for hydroxylation is 2. The van der Waals surface area contributed by atoms with Crippen molar-refractivity contribution in [2.75, 3.05) is 0 Å². The molecule has 0 saturated carbocycles. The third-order valence-electron chi connectivity index (χ3n) is 2.45. The Hall–Kier alpha value is -2.24. The van der Waals surface area contributed by atoms with Crippen LogP contribution in [0.2, 0.25) is 0 Å². The lowest BCUT2D eigenvalue weighted by atomic mass is 10.3. The van der Waals surface area contributed by atoms with Gasteiger partial charge in [-0.05, 0) is 19.1 Å². The van der Waals surface area contributed by atoms with E-state index in [2.05, 4.69) is 5.10 Å². The van der Waals surface area contributed by atoms with Gasteiger partial charge in [0.2, 0.25) is 11.7 Å². The number of aromatic nitrogens is 2. The molecule has 2 rings (SSSR count). The number of hydrogen-bond acceptors (Lipinski definition) is 3. The monoisotopic (exact) mass is 252 g/mol. The van der Waals surface area contributed by atoms with Gasteiger partial charge in [0, 0.05) is 7.05 Å². The second-order valence-corrected chi connectivity index (χ2v) is 3.70. The van der Waals surface area contributed by atoms with Gasteiger partial charge in [-0.25, -0.2) is 9.07 Å². The summed E-state index contributed by atoms with van der Waals surface area (Å²) in [6, 6.07) is 3.57. The van der Waals surface area contributed by atoms with Crippen LogP contribution >= 0.6 is 0 Å². The van der Waals surface area contributed by atoms with E-state index in [1.165, 1.54) is 16.8 Å². The van der Waals surface area contributed by atoms with E-state index >= 15 is 0 Å². The molecule has 6 heteroatoms. The van der Waals surface area contributed by atoms with Gasteiger partial charge in [0.05, 0.1) is 11.3 Å². The van der Waals surface area contributed by atoms with Gasteiger partial charge < -0.3 is 4.74 Å². The molecule has 1 heterocycles. The standard InChI is InChI=1S/C12H10F2N2O2/c1-7-8(6-17)12(16(2)15-7)18-10-5-3-4-9(13)11(10)14/h3-6H,1-2H3. The molecule has 1 aromatic heterocycles. The van der Waals surface area contributed by atoms with Crippen LogP contribution in [0.4, 0.5) is 8.78 Å². The zero-order chi connectivity index (χ0) is 13.3. The largest absolute Gasteiger partial charge is 0.435 e. The Bertz CT molecular complexity index is 608. The fourth-order valence-electron chi connectivity index (χ4n) is 1.58. The summed E-state index contributed by atoms with van der Waals surface area (Å²) in [6.07, 6.45) is 0.564. The Morgan fingerprint density at radius 3 is 2.78 bits per heavy atom. The molecule has 0 aliphatic carbocycles. The predicted octanol–water partition coefficient (Wildman–Crippen LogP) is 2.61. The molecule has 18 heavy (non-hydrogen) atoms. The van der Waals surface area contributed by atoms with Crippen molar-refractivity contribution in [1.82, 2.24) is 9.78 Å². The number of benzene rings is 1. The maximum Gasteiger partial charge on any atom is 0.228 e. The average molecular weight is 252 g/mol. The van der Waals surface area contributed by atoms with Gasteiger partial charge in [0.1, 0.15) is 0 Å². The lowest BCUT2D eigenvalue weighted by molar-refractivity contribution is 0.112. The minimum atomic E-state index is -1.10. The maximum absolute atomic E-state index is 13.4. The Morgan fingerprint density at radius 2 is 2.11 bits per heavy atom. The van der Waals surface area contributed by atoms with Crippen LogP contribution in [0.5, 0.6) is 11.6 Å². The normalized spacial score (nSPS) is 10.4. The zero-order valence-corrected chi connectivity index (χ0v) is 9.78. The van der Waals surface area contributed by atoms with Gasteiger partial charge in [0.15, 0.2) is 17.9 Å². The Kier molecular flexibility index (Phi) is 3.10. The van der Waals surface area contributed by atoms with Crippen LogP contribution in [0, 0.1) is 18.6 Å². The van der Waals surface area contributed by atoms with E-state index in [9.17, 15) is 13.6 Å². The Morgan fingerprint density at radius 1 is 1.39 bits per heavy atom. The fraction of sp³-hybridized carbons (Fsp3) is 0.167. The van der Waals surface area contributed by atoms with Crippen molar-refractivity contribution < 1.29 is 18.3 Å². The fourth-order valence-corrected chi connectivity index (χ4v) is 1.58. The lowest BCUT2D eigenvalue weighted by Crippen LogP contribution is -1.99. The summed E-state index contributed by atoms with van der Waals surface area (Å²) in [7, 11) is 1.55. The van der Waals surface area contributed by atoms with Crippen molar-refractivity contribution in [3.63, 3.8) is 0 Å². The number of hydrogen-bond donors (Lipinski definition) is 0. The quantitative estimate of drug-likeness (QED) is 0.789. The minimum absolute atomic E-state index is 0.0759. The van der Waals surface area contributed by atoms with E-state index in [1.807, 2.05) is 0 Å². The zero-order valence-electron chi connectivity index (χ0n) is 9.78. The molecule has 94 valence electrons. The molecular weight excluding hydrogens is 242 g/mol. The molecule has 0 unspecified atom stereocenters. The minimum Gasteiger partial charge on any atom is -0.435 e. The first-order valence-electron chi connectivity index (χ1n) is 5.15. The smallest absolute Gasteiger partial charge is 0.228 e. The summed E-state index contributed by atoms with van der Waals surface area (Å²) in [5.74, 6) is -2.33. The number of carbonyl (C=O) groups is 1. The van der Waals surface area contributed by atoms with E-state index in [-0.39, 0.29) is 17.2 Å². The summed E-state index contributed by atoms with van der Waals surface area (Å²) < 4.78 is 33.0. The summed E-state index contributed by atoms with van der Waals surface area (Å²) >= 11 is 0. The van der Waals surface area contributed by atoms with Gasteiger partial charge in [-0.1, -0.05) is 6.07 Å². The van der Waals surface area contributed by atoms with Gasteiger partial charge in [-0.15, -0.1) is 0 Å². The van der Waals surface area contributed by atoms with E-state index in [1.54, 1.807) is 14.0 Å². The number of aldehydes is 1. The molecule has 0 bridgehead atoms. The molecule has 0 fully saturated rings. The number of halogens is 2. The third-order valence-corrected chi connectivity index (χ3v) is 2.45. The van der Waals surface area contributed by atoms with Crippen molar-refractivity contribution in [2.45, 2.75) is 6.92 Å². The molecule has 0 saturated heterocycles. The van der Waals surface area contributed by atoms with Crippen LogP contribution in [0.15, 0.2) is 18.2 Å². The number of carbonyl (C=O) groups excluding carboxylic acids is 1. The first kappa shape index (κ1) is 12.2. The van der Waals surface area contributed by atoms with Crippen LogP contribution < -0.4 is 4.74 Å². The van der Waals surface area contributed by atoms with Gasteiger partial charge >= 0.3 is 0 Å². The highest BCUT2D eigenvalue weighted by Gasteiger charge is 2.17. The molecule has 0 aliphatic heterocycles. The van der Waals surface area contributed by atoms with E-state index in [0.717, 1.165) is 6.07 Å². The second kappa shape index (κ2) is 4.56. The molecule has 0 N–H and O–H groups in total. The van der Waals surface area contributed by atoms with Crippen LogP contribution in [0.3, 0.4) is 0 Å². The molecule has 0 amide bonds. The average Bonchev–Trinajstić information content (AvgIpc) is 2.59. The SMILES string of the molecule is Cc1nn(C)c(Oc2cccc(F)c2F)c1C=O. The molecule has 0 aliphatic rings. The van der Waals surface area contributed by atoms with E-state index in [0.29, 0.717) is 12.0 Å². The topological polar surface area (TPSA) is 44.1 Å². The molecule has 0 atom stereocenters. The number of nitrogens with zero attached hydrogens (tertiary/aromatic N) is 2.